The molecule has 0 bridgehead atoms. The van der Waals surface area contributed by atoms with Crippen molar-refractivity contribution in [1.29, 1.82) is 0 Å². The van der Waals surface area contributed by atoms with Gasteiger partial charge in [0.05, 0.1) is 10.9 Å². The lowest BCUT2D eigenvalue weighted by Gasteiger charge is -2.25. The van der Waals surface area contributed by atoms with E-state index >= 15 is 0 Å². The number of aliphatic carboxylic acids is 1. The fourth-order valence-corrected chi connectivity index (χ4v) is 3.15. The van der Waals surface area contributed by atoms with Crippen molar-refractivity contribution < 1.29 is 14.6 Å². The van der Waals surface area contributed by atoms with Crippen molar-refractivity contribution in [2.45, 2.75) is 25.5 Å². The van der Waals surface area contributed by atoms with Crippen LogP contribution in [0.5, 0.6) is 0 Å². The fourth-order valence-electron chi connectivity index (χ4n) is 2.68. The minimum Gasteiger partial charge on any atom is -0.481 e. The number of carbonyl (C=O) groups is 1. The lowest BCUT2D eigenvalue weighted by molar-refractivity contribution is -0.136. The molecule has 1 aliphatic rings. The lowest BCUT2D eigenvalue weighted by atomic mass is 10.1. The normalized spacial score (nSPS) is 16.6. The Morgan fingerprint density at radius 1 is 1.44 bits per heavy atom. The second-order valence-corrected chi connectivity index (χ2v) is 6.69. The van der Waals surface area contributed by atoms with E-state index in [2.05, 4.69) is 31.2 Å². The Balaban J connectivity index is 1.74. The third-order valence-corrected chi connectivity index (χ3v) is 4.52. The van der Waals surface area contributed by atoms with Gasteiger partial charge in [0, 0.05) is 25.5 Å². The number of anilines is 3. The summed E-state index contributed by atoms with van der Waals surface area (Å²) < 4.78 is 6.50. The van der Waals surface area contributed by atoms with E-state index in [4.69, 9.17) is 9.84 Å². The fraction of sp³-hybridized carbons (Fsp3) is 0.353. The molecule has 2 aromatic rings. The Bertz CT molecular complexity index is 748. The molecule has 0 spiro atoms. The van der Waals surface area contributed by atoms with Crippen LogP contribution in [0.2, 0.25) is 0 Å². The molecular formula is C17H19BrN4O3. The quantitative estimate of drug-likeness (QED) is 0.761. The van der Waals surface area contributed by atoms with E-state index in [-0.39, 0.29) is 12.6 Å². The minimum atomic E-state index is -0.848. The highest BCUT2D eigenvalue weighted by Crippen LogP contribution is 2.28. The maximum atomic E-state index is 10.7. The summed E-state index contributed by atoms with van der Waals surface area (Å²) in [4.78, 5) is 21.6. The topological polar surface area (TPSA) is 87.6 Å². The highest BCUT2D eigenvalue weighted by molar-refractivity contribution is 9.10. The van der Waals surface area contributed by atoms with Gasteiger partial charge < -0.3 is 20.1 Å². The largest absolute Gasteiger partial charge is 0.481 e. The van der Waals surface area contributed by atoms with Gasteiger partial charge in [0.25, 0.3) is 0 Å². The van der Waals surface area contributed by atoms with Gasteiger partial charge in [-0.05, 0) is 46.5 Å². The molecule has 0 aliphatic carbocycles. The molecule has 1 aliphatic heterocycles. The van der Waals surface area contributed by atoms with Gasteiger partial charge in [0.2, 0.25) is 5.95 Å². The second kappa shape index (κ2) is 7.79. The van der Waals surface area contributed by atoms with Crippen molar-refractivity contribution in [3.8, 4) is 0 Å². The van der Waals surface area contributed by atoms with E-state index in [9.17, 15) is 4.79 Å². The Hall–Kier alpha value is -2.19. The van der Waals surface area contributed by atoms with Crippen LogP contribution in [0.3, 0.4) is 0 Å². The number of rotatable bonds is 6. The molecule has 2 heterocycles. The predicted octanol–water partition coefficient (Wildman–Crippen LogP) is 3.18. The minimum absolute atomic E-state index is 0.00535. The highest BCUT2D eigenvalue weighted by Gasteiger charge is 2.23. The molecule has 1 unspecified atom stereocenters. The number of hydrogen-bond donors (Lipinski definition) is 2. The monoisotopic (exact) mass is 406 g/mol. The molecule has 0 radical (unpaired) electrons. The molecule has 1 aromatic carbocycles. The smallest absolute Gasteiger partial charge is 0.307 e. The molecule has 8 heteroatoms. The molecule has 3 rings (SSSR count). The number of aromatic nitrogens is 2. The molecule has 0 amide bonds. The summed E-state index contributed by atoms with van der Waals surface area (Å²) in [5, 5.41) is 12.0. The number of ether oxygens (including phenoxy) is 1. The first kappa shape index (κ1) is 17.6. The zero-order valence-corrected chi connectivity index (χ0v) is 15.4. The maximum Gasteiger partial charge on any atom is 0.307 e. The summed E-state index contributed by atoms with van der Waals surface area (Å²) in [7, 11) is 1.95. The van der Waals surface area contributed by atoms with Gasteiger partial charge in [0.1, 0.15) is 12.0 Å². The summed E-state index contributed by atoms with van der Waals surface area (Å²) in [5.74, 6) is 0.375. The van der Waals surface area contributed by atoms with Gasteiger partial charge in [0.15, 0.2) is 0 Å². The van der Waals surface area contributed by atoms with Crippen molar-refractivity contribution >= 4 is 39.4 Å². The second-order valence-electron chi connectivity index (χ2n) is 5.84. The van der Waals surface area contributed by atoms with Crippen LogP contribution in [0.15, 0.2) is 34.9 Å². The van der Waals surface area contributed by atoms with E-state index in [0.29, 0.717) is 5.95 Å². The molecule has 2 N–H and O–H groups in total. The number of nitrogens with one attached hydrogen (secondary N) is 1. The summed E-state index contributed by atoms with van der Waals surface area (Å²) in [6, 6.07) is 7.17. The van der Waals surface area contributed by atoms with Crippen molar-refractivity contribution in [3.63, 3.8) is 0 Å². The van der Waals surface area contributed by atoms with E-state index in [1.807, 2.05) is 24.1 Å². The van der Waals surface area contributed by atoms with E-state index in [1.165, 1.54) is 0 Å². The Kier molecular flexibility index (Phi) is 5.50. The number of benzene rings is 1. The molecule has 1 saturated heterocycles. The Labute approximate surface area is 154 Å². The molecule has 25 heavy (non-hydrogen) atoms. The van der Waals surface area contributed by atoms with Crippen molar-refractivity contribution in [1.82, 2.24) is 9.97 Å². The van der Waals surface area contributed by atoms with E-state index in [0.717, 1.165) is 41.0 Å². The van der Waals surface area contributed by atoms with Gasteiger partial charge in [-0.15, -0.1) is 0 Å². The zero-order chi connectivity index (χ0) is 17.8. The van der Waals surface area contributed by atoms with Crippen LogP contribution in [0.1, 0.15) is 18.4 Å². The van der Waals surface area contributed by atoms with Crippen LogP contribution in [0.25, 0.3) is 0 Å². The SMILES string of the molecule is CN(c1nc(Nc2ccc(CC(=O)O)cc2)ncc1Br)C1CCCO1. The van der Waals surface area contributed by atoms with Gasteiger partial charge in [-0.25, -0.2) is 4.98 Å². The number of carboxylic acids is 1. The van der Waals surface area contributed by atoms with Gasteiger partial charge >= 0.3 is 5.97 Å². The van der Waals surface area contributed by atoms with Crippen LogP contribution in [0.4, 0.5) is 17.5 Å². The third kappa shape index (κ3) is 4.46. The summed E-state index contributed by atoms with van der Waals surface area (Å²) in [5.41, 5.74) is 1.54. The average Bonchev–Trinajstić information content (AvgIpc) is 3.12. The third-order valence-electron chi connectivity index (χ3n) is 3.96. The number of nitrogens with zero attached hydrogens (tertiary/aromatic N) is 3. The predicted molar refractivity (Wildman–Crippen MR) is 98.2 cm³/mol. The average molecular weight is 407 g/mol. The summed E-state index contributed by atoms with van der Waals surface area (Å²) in [6.07, 6.45) is 3.75. The van der Waals surface area contributed by atoms with Crippen LogP contribution in [-0.2, 0) is 16.0 Å². The standard InChI is InChI=1S/C17H19BrN4O3/c1-22(14-3-2-8-25-14)16-13(18)10-19-17(21-16)20-12-6-4-11(5-7-12)9-15(23)24/h4-7,10,14H,2-3,8-9H2,1H3,(H,23,24)(H,19,20,21). The van der Waals surface area contributed by atoms with Crippen molar-refractivity contribution in [2.24, 2.45) is 0 Å². The first-order chi connectivity index (χ1) is 12.0. The first-order valence-electron chi connectivity index (χ1n) is 7.97. The lowest BCUT2D eigenvalue weighted by Crippen LogP contribution is -2.31. The van der Waals surface area contributed by atoms with Gasteiger partial charge in [-0.3, -0.25) is 4.79 Å². The van der Waals surface area contributed by atoms with Crippen molar-refractivity contribution in [3.05, 3.63) is 40.5 Å². The van der Waals surface area contributed by atoms with Crippen LogP contribution in [-0.4, -0.2) is 40.9 Å². The molecule has 1 fully saturated rings. The highest BCUT2D eigenvalue weighted by atomic mass is 79.9. The molecular weight excluding hydrogens is 388 g/mol. The Morgan fingerprint density at radius 2 is 2.20 bits per heavy atom. The number of halogens is 1. The summed E-state index contributed by atoms with van der Waals surface area (Å²) in [6.45, 7) is 0.769. The maximum absolute atomic E-state index is 10.7. The van der Waals surface area contributed by atoms with Crippen LogP contribution >= 0.6 is 15.9 Å². The van der Waals surface area contributed by atoms with Crippen LogP contribution < -0.4 is 10.2 Å². The Morgan fingerprint density at radius 3 is 2.84 bits per heavy atom. The molecule has 1 atom stereocenters. The van der Waals surface area contributed by atoms with Crippen molar-refractivity contribution in [2.75, 3.05) is 23.9 Å². The first-order valence-corrected chi connectivity index (χ1v) is 8.77. The zero-order valence-electron chi connectivity index (χ0n) is 13.8. The number of carboxylic acid groups (broad SMARTS) is 1. The molecule has 0 saturated carbocycles. The van der Waals surface area contributed by atoms with Crippen LogP contribution in [0, 0.1) is 0 Å². The number of hydrogen-bond acceptors (Lipinski definition) is 6. The summed E-state index contributed by atoms with van der Waals surface area (Å²) >= 11 is 3.49. The van der Waals surface area contributed by atoms with E-state index in [1.54, 1.807) is 18.3 Å². The van der Waals surface area contributed by atoms with Gasteiger partial charge in [-0.2, -0.15) is 4.98 Å². The molecule has 7 nitrogen and oxygen atoms in total. The molecule has 1 aromatic heterocycles. The van der Waals surface area contributed by atoms with Gasteiger partial charge in [-0.1, -0.05) is 12.1 Å². The van der Waals surface area contributed by atoms with E-state index < -0.39 is 5.97 Å². The molecule has 132 valence electrons.